The van der Waals surface area contributed by atoms with E-state index in [1.54, 1.807) is 12.1 Å². The van der Waals surface area contributed by atoms with Crippen molar-refractivity contribution in [3.05, 3.63) is 60.0 Å². The van der Waals surface area contributed by atoms with Gasteiger partial charge in [-0.15, -0.1) is 0 Å². The first-order chi connectivity index (χ1) is 10.8. The average Bonchev–Trinajstić information content (AvgIpc) is 3.17. The van der Waals surface area contributed by atoms with Crippen molar-refractivity contribution in [3.63, 3.8) is 0 Å². The Morgan fingerprint density at radius 3 is 2.73 bits per heavy atom. The van der Waals surface area contributed by atoms with Gasteiger partial charge < -0.3 is 4.90 Å². The Labute approximate surface area is 129 Å². The van der Waals surface area contributed by atoms with Crippen molar-refractivity contribution in [2.75, 3.05) is 18.0 Å². The molecule has 0 amide bonds. The fourth-order valence-corrected chi connectivity index (χ4v) is 3.18. The van der Waals surface area contributed by atoms with Gasteiger partial charge in [-0.2, -0.15) is 5.10 Å². The molecule has 112 valence electrons. The van der Waals surface area contributed by atoms with E-state index in [-0.39, 0.29) is 5.82 Å². The Hall–Kier alpha value is -2.36. The smallest absolute Gasteiger partial charge is 0.123 e. The van der Waals surface area contributed by atoms with Gasteiger partial charge in [0.15, 0.2) is 0 Å². The molecule has 0 saturated carbocycles. The highest BCUT2D eigenvalue weighted by molar-refractivity contribution is 5.82. The van der Waals surface area contributed by atoms with E-state index in [2.05, 4.69) is 28.2 Å². The third-order valence-corrected chi connectivity index (χ3v) is 4.32. The maximum atomic E-state index is 13.3. The molecule has 1 saturated heterocycles. The minimum Gasteiger partial charge on any atom is -0.372 e. The second-order valence-electron chi connectivity index (χ2n) is 5.87. The van der Waals surface area contributed by atoms with Gasteiger partial charge in [0.2, 0.25) is 0 Å². The van der Waals surface area contributed by atoms with Crippen molar-refractivity contribution in [3.8, 4) is 0 Å². The first-order valence-electron chi connectivity index (χ1n) is 7.74. The summed E-state index contributed by atoms with van der Waals surface area (Å²) in [5, 5.41) is 5.60. The van der Waals surface area contributed by atoms with E-state index >= 15 is 0 Å². The predicted octanol–water partition coefficient (Wildman–Crippen LogP) is 3.82. The fraction of sp³-hybridized carbons (Fsp3) is 0.278. The van der Waals surface area contributed by atoms with Crippen LogP contribution in [0.4, 0.5) is 10.1 Å². The number of nitrogens with zero attached hydrogens (tertiary/aromatic N) is 3. The molecule has 0 bridgehead atoms. The maximum Gasteiger partial charge on any atom is 0.123 e. The van der Waals surface area contributed by atoms with Crippen molar-refractivity contribution in [2.45, 2.75) is 19.4 Å². The topological polar surface area (TPSA) is 21.1 Å². The Morgan fingerprint density at radius 2 is 1.91 bits per heavy atom. The Kier molecular flexibility index (Phi) is 3.29. The lowest BCUT2D eigenvalue weighted by atomic mass is 10.2. The van der Waals surface area contributed by atoms with Crippen molar-refractivity contribution in [2.24, 2.45) is 0 Å². The molecule has 4 heteroatoms. The van der Waals surface area contributed by atoms with Crippen LogP contribution in [0.2, 0.25) is 0 Å². The lowest BCUT2D eigenvalue weighted by molar-refractivity contribution is 0.621. The van der Waals surface area contributed by atoms with Gasteiger partial charge in [-0.25, -0.2) is 4.39 Å². The van der Waals surface area contributed by atoms with Crippen LogP contribution in [0, 0.1) is 5.82 Å². The van der Waals surface area contributed by atoms with Gasteiger partial charge in [-0.3, -0.25) is 4.68 Å². The van der Waals surface area contributed by atoms with E-state index in [0.717, 1.165) is 29.6 Å². The summed E-state index contributed by atoms with van der Waals surface area (Å²) in [6.45, 7) is 2.87. The molecule has 1 fully saturated rings. The third kappa shape index (κ3) is 2.45. The van der Waals surface area contributed by atoms with Gasteiger partial charge in [0.05, 0.1) is 18.3 Å². The quantitative estimate of drug-likeness (QED) is 0.732. The molecule has 0 N–H and O–H groups in total. The SMILES string of the molecule is Fc1cccc(Cn2ncc3cc(N4CCCC4)ccc32)c1. The highest BCUT2D eigenvalue weighted by atomic mass is 19.1. The summed E-state index contributed by atoms with van der Waals surface area (Å²) in [5.41, 5.74) is 3.29. The number of hydrogen-bond donors (Lipinski definition) is 0. The average molecular weight is 295 g/mol. The van der Waals surface area contributed by atoms with Crippen LogP contribution < -0.4 is 4.90 Å². The van der Waals surface area contributed by atoms with Crippen LogP contribution in [0.5, 0.6) is 0 Å². The molecule has 1 aliphatic rings. The summed E-state index contributed by atoms with van der Waals surface area (Å²) in [6.07, 6.45) is 4.45. The van der Waals surface area contributed by atoms with E-state index in [9.17, 15) is 4.39 Å². The number of aromatic nitrogens is 2. The van der Waals surface area contributed by atoms with Crippen molar-refractivity contribution < 1.29 is 4.39 Å². The van der Waals surface area contributed by atoms with Gasteiger partial charge in [-0.05, 0) is 48.7 Å². The standard InChI is InChI=1S/C18H18FN3/c19-16-5-3-4-14(10-16)13-22-18-7-6-17(11-15(18)12-20-22)21-8-1-2-9-21/h3-7,10-12H,1-2,8-9,13H2. The zero-order chi connectivity index (χ0) is 14.9. The molecule has 0 spiro atoms. The molecule has 1 aromatic heterocycles. The molecule has 2 aromatic carbocycles. The lowest BCUT2D eigenvalue weighted by Gasteiger charge is -2.17. The second kappa shape index (κ2) is 5.44. The molecule has 0 unspecified atom stereocenters. The summed E-state index contributed by atoms with van der Waals surface area (Å²) in [6, 6.07) is 13.2. The summed E-state index contributed by atoms with van der Waals surface area (Å²) >= 11 is 0. The van der Waals surface area contributed by atoms with Gasteiger partial charge in [0.25, 0.3) is 0 Å². The summed E-state index contributed by atoms with van der Waals surface area (Å²) < 4.78 is 15.2. The van der Waals surface area contributed by atoms with Crippen LogP contribution in [-0.2, 0) is 6.54 Å². The van der Waals surface area contributed by atoms with Crippen molar-refractivity contribution in [1.29, 1.82) is 0 Å². The van der Waals surface area contributed by atoms with Crippen LogP contribution in [0.25, 0.3) is 10.9 Å². The van der Waals surface area contributed by atoms with Crippen molar-refractivity contribution >= 4 is 16.6 Å². The summed E-state index contributed by atoms with van der Waals surface area (Å²) in [4.78, 5) is 2.42. The van der Waals surface area contributed by atoms with Crippen molar-refractivity contribution in [1.82, 2.24) is 9.78 Å². The highest BCUT2D eigenvalue weighted by Crippen LogP contribution is 2.25. The normalized spacial score (nSPS) is 14.9. The number of hydrogen-bond acceptors (Lipinski definition) is 2. The molecular weight excluding hydrogens is 277 g/mol. The molecule has 3 aromatic rings. The largest absolute Gasteiger partial charge is 0.372 e. The lowest BCUT2D eigenvalue weighted by Crippen LogP contribution is -2.17. The Morgan fingerprint density at radius 1 is 1.05 bits per heavy atom. The molecule has 4 rings (SSSR count). The predicted molar refractivity (Wildman–Crippen MR) is 86.7 cm³/mol. The second-order valence-corrected chi connectivity index (χ2v) is 5.87. The molecule has 0 radical (unpaired) electrons. The zero-order valence-electron chi connectivity index (χ0n) is 12.4. The van der Waals surface area contributed by atoms with E-state index < -0.39 is 0 Å². The van der Waals surface area contributed by atoms with Crippen LogP contribution in [-0.4, -0.2) is 22.9 Å². The maximum absolute atomic E-state index is 13.3. The van der Waals surface area contributed by atoms with E-state index in [0.29, 0.717) is 6.54 Å². The molecule has 3 nitrogen and oxygen atoms in total. The molecular formula is C18H18FN3. The minimum atomic E-state index is -0.203. The number of benzene rings is 2. The van der Waals surface area contributed by atoms with Crippen LogP contribution in [0.15, 0.2) is 48.7 Å². The number of fused-ring (bicyclic) bond motifs is 1. The molecule has 0 aliphatic carbocycles. The molecule has 0 atom stereocenters. The van der Waals surface area contributed by atoms with Crippen LogP contribution in [0.1, 0.15) is 18.4 Å². The highest BCUT2D eigenvalue weighted by Gasteiger charge is 2.13. The monoisotopic (exact) mass is 295 g/mol. The summed E-state index contributed by atoms with van der Waals surface area (Å²) in [7, 11) is 0. The Balaban J connectivity index is 1.65. The molecule has 2 heterocycles. The third-order valence-electron chi connectivity index (χ3n) is 4.32. The van der Waals surface area contributed by atoms with E-state index in [4.69, 9.17) is 0 Å². The first-order valence-corrected chi connectivity index (χ1v) is 7.74. The minimum absolute atomic E-state index is 0.203. The molecule has 22 heavy (non-hydrogen) atoms. The molecule has 1 aliphatic heterocycles. The summed E-state index contributed by atoms with van der Waals surface area (Å²) in [5.74, 6) is -0.203. The van der Waals surface area contributed by atoms with Crippen LogP contribution in [0.3, 0.4) is 0 Å². The first kappa shape index (κ1) is 13.3. The number of anilines is 1. The number of rotatable bonds is 3. The fourth-order valence-electron chi connectivity index (χ4n) is 3.18. The van der Waals surface area contributed by atoms with Gasteiger partial charge in [-0.1, -0.05) is 12.1 Å². The zero-order valence-corrected chi connectivity index (χ0v) is 12.4. The van der Waals surface area contributed by atoms with E-state index in [1.165, 1.54) is 24.6 Å². The Bertz CT molecular complexity index is 803. The van der Waals surface area contributed by atoms with Gasteiger partial charge in [0, 0.05) is 24.2 Å². The van der Waals surface area contributed by atoms with Gasteiger partial charge >= 0.3 is 0 Å². The number of halogens is 1. The van der Waals surface area contributed by atoms with Crippen LogP contribution >= 0.6 is 0 Å². The van der Waals surface area contributed by atoms with Gasteiger partial charge in [0.1, 0.15) is 5.82 Å². The van der Waals surface area contributed by atoms with E-state index in [1.807, 2.05) is 16.9 Å².